The van der Waals surface area contributed by atoms with Crippen molar-refractivity contribution >= 4 is 28.3 Å². The molecule has 0 bridgehead atoms. The smallest absolute Gasteiger partial charge is 0.202 e. The summed E-state index contributed by atoms with van der Waals surface area (Å²) in [6.07, 6.45) is 3.48. The predicted octanol–water partition coefficient (Wildman–Crippen LogP) is 2.84. The van der Waals surface area contributed by atoms with Gasteiger partial charge in [0.1, 0.15) is 5.82 Å². The van der Waals surface area contributed by atoms with E-state index >= 15 is 0 Å². The van der Waals surface area contributed by atoms with Crippen LogP contribution < -0.4 is 5.32 Å². The van der Waals surface area contributed by atoms with Crippen LogP contribution in [0.5, 0.6) is 0 Å². The lowest BCUT2D eigenvalue weighted by molar-refractivity contribution is 0.841. The maximum absolute atomic E-state index is 5.99. The normalized spacial score (nSPS) is 18.1. The zero-order chi connectivity index (χ0) is 9.97. The van der Waals surface area contributed by atoms with Gasteiger partial charge in [0.2, 0.25) is 5.13 Å². The molecule has 0 aromatic carbocycles. The van der Waals surface area contributed by atoms with E-state index in [4.69, 9.17) is 11.6 Å². The minimum atomic E-state index is 0.184. The van der Waals surface area contributed by atoms with Crippen molar-refractivity contribution in [2.75, 3.05) is 11.9 Å². The van der Waals surface area contributed by atoms with Crippen molar-refractivity contribution in [3.8, 4) is 0 Å². The van der Waals surface area contributed by atoms with Crippen LogP contribution >= 0.6 is 23.1 Å². The molecule has 1 unspecified atom stereocenters. The molecule has 3 nitrogen and oxygen atoms in total. The molecule has 5 heteroatoms. The highest BCUT2D eigenvalue weighted by atomic mass is 35.5. The molecular weight excluding hydrogens is 218 g/mol. The van der Waals surface area contributed by atoms with Crippen LogP contribution in [0.1, 0.15) is 37.9 Å². The third-order valence-electron chi connectivity index (χ3n) is 2.30. The van der Waals surface area contributed by atoms with E-state index in [1.54, 1.807) is 0 Å². The first kappa shape index (κ1) is 10.2. The second kappa shape index (κ2) is 4.45. The van der Waals surface area contributed by atoms with Crippen LogP contribution in [-0.4, -0.2) is 21.3 Å². The molecule has 1 aliphatic rings. The van der Waals surface area contributed by atoms with Gasteiger partial charge in [-0.05, 0) is 19.3 Å². The van der Waals surface area contributed by atoms with Gasteiger partial charge in [-0.3, -0.25) is 0 Å². The summed E-state index contributed by atoms with van der Waals surface area (Å²) in [6.45, 7) is 2.85. The van der Waals surface area contributed by atoms with Crippen molar-refractivity contribution in [3.05, 3.63) is 5.82 Å². The van der Waals surface area contributed by atoms with Gasteiger partial charge < -0.3 is 5.32 Å². The summed E-state index contributed by atoms with van der Waals surface area (Å²) in [7, 11) is 0. The SMILES string of the molecule is CCC(Cl)CNc1nc(C2CC2)ns1. The third-order valence-corrected chi connectivity index (χ3v) is 3.45. The van der Waals surface area contributed by atoms with E-state index in [1.165, 1.54) is 24.4 Å². The molecule has 1 N–H and O–H groups in total. The summed E-state index contributed by atoms with van der Waals surface area (Å²) < 4.78 is 4.31. The van der Waals surface area contributed by atoms with Gasteiger partial charge in [0.25, 0.3) is 0 Å². The van der Waals surface area contributed by atoms with Gasteiger partial charge in [0.15, 0.2) is 0 Å². The second-order valence-corrected chi connectivity index (χ2v) is 4.99. The average Bonchev–Trinajstić information content (AvgIpc) is 2.95. The number of aromatic nitrogens is 2. The molecule has 78 valence electrons. The Balaban J connectivity index is 1.83. The highest BCUT2D eigenvalue weighted by molar-refractivity contribution is 7.09. The maximum atomic E-state index is 5.99. The molecule has 2 rings (SSSR count). The standard InChI is InChI=1S/C9H14ClN3S/c1-2-7(10)5-11-9-12-8(13-14-9)6-3-4-6/h6-7H,2-5H2,1H3,(H,11,12,13). The lowest BCUT2D eigenvalue weighted by Gasteiger charge is -2.05. The quantitative estimate of drug-likeness (QED) is 0.792. The van der Waals surface area contributed by atoms with Crippen molar-refractivity contribution in [3.63, 3.8) is 0 Å². The van der Waals surface area contributed by atoms with Crippen LogP contribution in [0.15, 0.2) is 0 Å². The Labute approximate surface area is 93.1 Å². The van der Waals surface area contributed by atoms with Crippen LogP contribution in [0.2, 0.25) is 0 Å². The maximum Gasteiger partial charge on any atom is 0.202 e. The van der Waals surface area contributed by atoms with Crippen LogP contribution in [-0.2, 0) is 0 Å². The summed E-state index contributed by atoms with van der Waals surface area (Å²) in [4.78, 5) is 4.42. The number of anilines is 1. The predicted molar refractivity (Wildman–Crippen MR) is 60.3 cm³/mol. The lowest BCUT2D eigenvalue weighted by Crippen LogP contribution is -2.12. The molecule has 0 saturated heterocycles. The van der Waals surface area contributed by atoms with Crippen molar-refractivity contribution < 1.29 is 0 Å². The summed E-state index contributed by atoms with van der Waals surface area (Å²) in [6, 6.07) is 0. The molecule has 1 aromatic rings. The van der Waals surface area contributed by atoms with Gasteiger partial charge >= 0.3 is 0 Å². The van der Waals surface area contributed by atoms with Gasteiger partial charge in [-0.15, -0.1) is 11.6 Å². The Kier molecular flexibility index (Phi) is 3.23. The Morgan fingerprint density at radius 3 is 3.07 bits per heavy atom. The molecule has 1 saturated carbocycles. The summed E-state index contributed by atoms with van der Waals surface area (Å²) in [5.41, 5.74) is 0. The minimum Gasteiger partial charge on any atom is -0.359 e. The van der Waals surface area contributed by atoms with E-state index in [-0.39, 0.29) is 5.38 Å². The van der Waals surface area contributed by atoms with Crippen LogP contribution in [0.25, 0.3) is 0 Å². The average molecular weight is 232 g/mol. The van der Waals surface area contributed by atoms with Crippen LogP contribution in [0, 0.1) is 0 Å². The van der Waals surface area contributed by atoms with Gasteiger partial charge in [0, 0.05) is 24.0 Å². The van der Waals surface area contributed by atoms with Crippen molar-refractivity contribution in [2.24, 2.45) is 0 Å². The highest BCUT2D eigenvalue weighted by Crippen LogP contribution is 2.39. The van der Waals surface area contributed by atoms with Crippen molar-refractivity contribution in [2.45, 2.75) is 37.5 Å². The Morgan fingerprint density at radius 1 is 1.64 bits per heavy atom. The topological polar surface area (TPSA) is 37.8 Å². The highest BCUT2D eigenvalue weighted by Gasteiger charge is 2.27. The molecule has 14 heavy (non-hydrogen) atoms. The second-order valence-electron chi connectivity index (χ2n) is 3.62. The molecule has 0 amide bonds. The van der Waals surface area contributed by atoms with Crippen molar-refractivity contribution in [1.82, 2.24) is 9.36 Å². The largest absolute Gasteiger partial charge is 0.359 e. The monoisotopic (exact) mass is 231 g/mol. The molecule has 1 fully saturated rings. The summed E-state index contributed by atoms with van der Waals surface area (Å²) in [5.74, 6) is 1.65. The first-order valence-electron chi connectivity index (χ1n) is 5.01. The first-order valence-corrected chi connectivity index (χ1v) is 6.22. The van der Waals surface area contributed by atoms with E-state index in [1.807, 2.05) is 0 Å². The molecule has 0 aliphatic heterocycles. The fourth-order valence-corrected chi connectivity index (χ4v) is 1.89. The number of nitrogens with one attached hydrogen (secondary N) is 1. The fraction of sp³-hybridized carbons (Fsp3) is 0.778. The Morgan fingerprint density at radius 2 is 2.43 bits per heavy atom. The number of halogens is 1. The Hall–Kier alpha value is -0.350. The van der Waals surface area contributed by atoms with Crippen LogP contribution in [0.3, 0.4) is 0 Å². The zero-order valence-corrected chi connectivity index (χ0v) is 9.74. The van der Waals surface area contributed by atoms with E-state index < -0.39 is 0 Å². The lowest BCUT2D eigenvalue weighted by atomic mass is 10.3. The number of hydrogen-bond donors (Lipinski definition) is 1. The number of rotatable bonds is 5. The first-order chi connectivity index (χ1) is 6.79. The fourth-order valence-electron chi connectivity index (χ4n) is 1.16. The summed E-state index contributed by atoms with van der Waals surface area (Å²) in [5, 5.41) is 4.30. The van der Waals surface area contributed by atoms with Gasteiger partial charge in [-0.2, -0.15) is 4.37 Å². The zero-order valence-electron chi connectivity index (χ0n) is 8.16. The number of nitrogens with zero attached hydrogens (tertiary/aromatic N) is 2. The van der Waals surface area contributed by atoms with Gasteiger partial charge in [-0.1, -0.05) is 6.92 Å². The molecule has 0 radical (unpaired) electrons. The minimum absolute atomic E-state index is 0.184. The van der Waals surface area contributed by atoms with E-state index in [0.717, 1.165) is 23.9 Å². The molecule has 1 heterocycles. The van der Waals surface area contributed by atoms with E-state index in [0.29, 0.717) is 5.92 Å². The van der Waals surface area contributed by atoms with E-state index in [9.17, 15) is 0 Å². The summed E-state index contributed by atoms with van der Waals surface area (Å²) >= 11 is 7.43. The van der Waals surface area contributed by atoms with E-state index in [2.05, 4.69) is 21.6 Å². The van der Waals surface area contributed by atoms with Gasteiger partial charge in [0.05, 0.1) is 5.38 Å². The van der Waals surface area contributed by atoms with Crippen molar-refractivity contribution in [1.29, 1.82) is 0 Å². The molecule has 1 atom stereocenters. The van der Waals surface area contributed by atoms with Crippen LogP contribution in [0.4, 0.5) is 5.13 Å². The number of alkyl halides is 1. The Bertz CT molecular complexity index is 298. The number of hydrogen-bond acceptors (Lipinski definition) is 4. The molecular formula is C9H14ClN3S. The molecule has 0 spiro atoms. The molecule has 1 aliphatic carbocycles. The molecule has 1 aromatic heterocycles. The van der Waals surface area contributed by atoms with Gasteiger partial charge in [-0.25, -0.2) is 4.98 Å². The third kappa shape index (κ3) is 2.58.